The predicted molar refractivity (Wildman–Crippen MR) is 71.3 cm³/mol. The number of carbonyl (C=O) groups excluding carboxylic acids is 1. The molecule has 1 amide bonds. The number of pyridine rings is 1. The summed E-state index contributed by atoms with van der Waals surface area (Å²) in [5, 5.41) is 2.68. The van der Waals surface area contributed by atoms with Crippen LogP contribution in [0.25, 0.3) is 0 Å². The lowest BCUT2D eigenvalue weighted by atomic mass is 10.1. The molecular formula is C15H15FN2O. The van der Waals surface area contributed by atoms with Crippen LogP contribution in [-0.4, -0.2) is 10.9 Å². The largest absolute Gasteiger partial charge is 0.346 e. The summed E-state index contributed by atoms with van der Waals surface area (Å²) < 4.78 is 13.5. The van der Waals surface area contributed by atoms with E-state index >= 15 is 0 Å². The molecule has 0 fully saturated rings. The van der Waals surface area contributed by atoms with E-state index in [4.69, 9.17) is 0 Å². The maximum atomic E-state index is 13.5. The number of nitrogens with zero attached hydrogens (tertiary/aromatic N) is 1. The summed E-state index contributed by atoms with van der Waals surface area (Å²) >= 11 is 0. The van der Waals surface area contributed by atoms with Gasteiger partial charge < -0.3 is 5.32 Å². The molecule has 0 aliphatic rings. The van der Waals surface area contributed by atoms with Crippen molar-refractivity contribution in [1.29, 1.82) is 0 Å². The Bertz CT molecular complexity index is 611. The van der Waals surface area contributed by atoms with E-state index in [-0.39, 0.29) is 5.56 Å². The third-order valence-electron chi connectivity index (χ3n) is 2.90. The molecule has 2 rings (SSSR count). The smallest absolute Gasteiger partial charge is 0.254 e. The molecule has 0 unspecified atom stereocenters. The summed E-state index contributed by atoms with van der Waals surface area (Å²) in [4.78, 5) is 16.1. The van der Waals surface area contributed by atoms with Gasteiger partial charge in [0.2, 0.25) is 0 Å². The lowest BCUT2D eigenvalue weighted by molar-refractivity contribution is 0.0946. The number of hydrogen-bond acceptors (Lipinski definition) is 2. The first-order valence-corrected chi connectivity index (χ1v) is 6.03. The number of aryl methyl sites for hydroxylation is 2. The van der Waals surface area contributed by atoms with Gasteiger partial charge in [0.15, 0.2) is 0 Å². The summed E-state index contributed by atoms with van der Waals surface area (Å²) in [6, 6.07) is 8.23. The van der Waals surface area contributed by atoms with Gasteiger partial charge in [-0.2, -0.15) is 0 Å². The Morgan fingerprint density at radius 3 is 2.84 bits per heavy atom. The molecule has 0 bridgehead atoms. The third kappa shape index (κ3) is 3.16. The summed E-state index contributed by atoms with van der Waals surface area (Å²) in [5.41, 5.74) is 2.69. The Labute approximate surface area is 111 Å². The molecule has 98 valence electrons. The quantitative estimate of drug-likeness (QED) is 0.919. The van der Waals surface area contributed by atoms with E-state index in [1.807, 2.05) is 26.0 Å². The van der Waals surface area contributed by atoms with Crippen molar-refractivity contribution in [2.24, 2.45) is 0 Å². The average molecular weight is 258 g/mol. The Kier molecular flexibility index (Phi) is 3.90. The van der Waals surface area contributed by atoms with Crippen LogP contribution in [0.2, 0.25) is 0 Å². The average Bonchev–Trinajstić information content (AvgIpc) is 2.40. The molecule has 0 radical (unpaired) electrons. The highest BCUT2D eigenvalue weighted by molar-refractivity contribution is 5.94. The number of aromatic nitrogens is 1. The summed E-state index contributed by atoms with van der Waals surface area (Å²) in [5.74, 6) is -0.938. The molecule has 0 saturated heterocycles. The molecule has 0 saturated carbocycles. The molecule has 3 nitrogen and oxygen atoms in total. The Hall–Kier alpha value is -2.23. The number of benzene rings is 1. The van der Waals surface area contributed by atoms with Gasteiger partial charge in [-0.3, -0.25) is 9.78 Å². The van der Waals surface area contributed by atoms with Crippen LogP contribution in [-0.2, 0) is 6.54 Å². The van der Waals surface area contributed by atoms with Crippen molar-refractivity contribution >= 4 is 5.91 Å². The van der Waals surface area contributed by atoms with Crippen LogP contribution in [0, 0.1) is 19.7 Å². The molecule has 0 aliphatic carbocycles. The number of amides is 1. The molecule has 1 aromatic heterocycles. The van der Waals surface area contributed by atoms with Gasteiger partial charge in [0.1, 0.15) is 5.82 Å². The minimum atomic E-state index is -0.513. The predicted octanol–water partition coefficient (Wildman–Crippen LogP) is 2.77. The van der Waals surface area contributed by atoms with Crippen molar-refractivity contribution < 1.29 is 9.18 Å². The highest BCUT2D eigenvalue weighted by Crippen LogP contribution is 2.10. The number of hydrogen-bond donors (Lipinski definition) is 1. The van der Waals surface area contributed by atoms with Crippen molar-refractivity contribution in [3.63, 3.8) is 0 Å². The lowest BCUT2D eigenvalue weighted by Gasteiger charge is -2.08. The molecule has 19 heavy (non-hydrogen) atoms. The molecule has 0 atom stereocenters. The van der Waals surface area contributed by atoms with Gasteiger partial charge in [0.05, 0.1) is 17.8 Å². The standard InChI is InChI=1S/C15H15FN2O/c1-10-5-6-13(16)12(8-10)15(19)18-9-14-11(2)4-3-7-17-14/h3-8H,9H2,1-2H3,(H,18,19). The molecule has 2 aromatic rings. The lowest BCUT2D eigenvalue weighted by Crippen LogP contribution is -2.24. The van der Waals surface area contributed by atoms with Crippen LogP contribution in [0.5, 0.6) is 0 Å². The normalized spacial score (nSPS) is 10.3. The van der Waals surface area contributed by atoms with E-state index in [1.54, 1.807) is 12.3 Å². The van der Waals surface area contributed by atoms with E-state index in [9.17, 15) is 9.18 Å². The van der Waals surface area contributed by atoms with Crippen molar-refractivity contribution in [3.8, 4) is 0 Å². The SMILES string of the molecule is Cc1ccc(F)c(C(=O)NCc2ncccc2C)c1. The van der Waals surface area contributed by atoms with Gasteiger partial charge in [0, 0.05) is 6.20 Å². The zero-order valence-corrected chi connectivity index (χ0v) is 10.9. The van der Waals surface area contributed by atoms with E-state index in [0.29, 0.717) is 6.54 Å². The Morgan fingerprint density at radius 2 is 2.11 bits per heavy atom. The first kappa shape index (κ1) is 13.2. The molecule has 1 heterocycles. The van der Waals surface area contributed by atoms with Gasteiger partial charge in [0.25, 0.3) is 5.91 Å². The molecule has 0 aliphatic heterocycles. The van der Waals surface area contributed by atoms with Gasteiger partial charge in [-0.1, -0.05) is 17.7 Å². The Balaban J connectivity index is 2.10. The third-order valence-corrected chi connectivity index (χ3v) is 2.90. The zero-order chi connectivity index (χ0) is 13.8. The second-order valence-corrected chi connectivity index (χ2v) is 4.43. The molecule has 4 heteroatoms. The van der Waals surface area contributed by atoms with Gasteiger partial charge in [-0.05, 0) is 37.6 Å². The van der Waals surface area contributed by atoms with Gasteiger partial charge in [-0.25, -0.2) is 4.39 Å². The fourth-order valence-corrected chi connectivity index (χ4v) is 1.78. The van der Waals surface area contributed by atoms with Crippen molar-refractivity contribution in [2.45, 2.75) is 20.4 Å². The van der Waals surface area contributed by atoms with E-state index < -0.39 is 11.7 Å². The number of halogens is 1. The van der Waals surface area contributed by atoms with E-state index in [0.717, 1.165) is 16.8 Å². The highest BCUT2D eigenvalue weighted by Gasteiger charge is 2.12. The molecule has 0 spiro atoms. The van der Waals surface area contributed by atoms with Crippen LogP contribution in [0.1, 0.15) is 27.2 Å². The topological polar surface area (TPSA) is 42.0 Å². The maximum Gasteiger partial charge on any atom is 0.254 e. The van der Waals surface area contributed by atoms with Crippen LogP contribution in [0.15, 0.2) is 36.5 Å². The first-order chi connectivity index (χ1) is 9.08. The second kappa shape index (κ2) is 5.61. The van der Waals surface area contributed by atoms with Gasteiger partial charge in [-0.15, -0.1) is 0 Å². The van der Waals surface area contributed by atoms with Crippen molar-refractivity contribution in [3.05, 3.63) is 64.7 Å². The Morgan fingerprint density at radius 1 is 1.32 bits per heavy atom. The van der Waals surface area contributed by atoms with Crippen molar-refractivity contribution in [1.82, 2.24) is 10.3 Å². The van der Waals surface area contributed by atoms with Crippen LogP contribution >= 0.6 is 0 Å². The maximum absolute atomic E-state index is 13.5. The summed E-state index contributed by atoms with van der Waals surface area (Å²) in [6.07, 6.45) is 1.67. The minimum absolute atomic E-state index is 0.0635. The zero-order valence-electron chi connectivity index (χ0n) is 10.9. The summed E-state index contributed by atoms with van der Waals surface area (Å²) in [7, 11) is 0. The van der Waals surface area contributed by atoms with E-state index in [1.165, 1.54) is 12.1 Å². The van der Waals surface area contributed by atoms with Gasteiger partial charge >= 0.3 is 0 Å². The second-order valence-electron chi connectivity index (χ2n) is 4.43. The molecular weight excluding hydrogens is 243 g/mol. The molecule has 1 aromatic carbocycles. The number of carbonyl (C=O) groups is 1. The number of nitrogens with one attached hydrogen (secondary N) is 1. The summed E-state index contributed by atoms with van der Waals surface area (Å²) in [6.45, 7) is 4.03. The fraction of sp³-hybridized carbons (Fsp3) is 0.200. The monoisotopic (exact) mass is 258 g/mol. The van der Waals surface area contributed by atoms with Crippen molar-refractivity contribution in [2.75, 3.05) is 0 Å². The first-order valence-electron chi connectivity index (χ1n) is 6.03. The van der Waals surface area contributed by atoms with E-state index in [2.05, 4.69) is 10.3 Å². The minimum Gasteiger partial charge on any atom is -0.346 e. The molecule has 1 N–H and O–H groups in total. The van der Waals surface area contributed by atoms with Crippen LogP contribution in [0.3, 0.4) is 0 Å². The number of rotatable bonds is 3. The van der Waals surface area contributed by atoms with Crippen LogP contribution in [0.4, 0.5) is 4.39 Å². The fourth-order valence-electron chi connectivity index (χ4n) is 1.78. The highest BCUT2D eigenvalue weighted by atomic mass is 19.1. The van der Waals surface area contributed by atoms with Crippen LogP contribution < -0.4 is 5.32 Å².